The van der Waals surface area contributed by atoms with Gasteiger partial charge in [0.1, 0.15) is 0 Å². The van der Waals surface area contributed by atoms with Crippen LogP contribution in [0.4, 0.5) is 0 Å². The van der Waals surface area contributed by atoms with Gasteiger partial charge in [0.15, 0.2) is 0 Å². The van der Waals surface area contributed by atoms with Gasteiger partial charge in [0.2, 0.25) is 0 Å². The van der Waals surface area contributed by atoms with E-state index < -0.39 is 11.4 Å². The van der Waals surface area contributed by atoms with Crippen LogP contribution in [-0.4, -0.2) is 40.6 Å². The van der Waals surface area contributed by atoms with Crippen LogP contribution >= 0.6 is 0 Å². The van der Waals surface area contributed by atoms with E-state index in [1.165, 1.54) is 0 Å². The highest BCUT2D eigenvalue weighted by atomic mass is 16.4. The van der Waals surface area contributed by atoms with Crippen molar-refractivity contribution in [3.63, 3.8) is 0 Å². The number of rotatable bonds is 5. The van der Waals surface area contributed by atoms with Crippen LogP contribution in [0.5, 0.6) is 0 Å². The molecule has 0 spiro atoms. The topological polar surface area (TPSA) is 53.4 Å². The van der Waals surface area contributed by atoms with Crippen molar-refractivity contribution < 1.29 is 9.90 Å². The third kappa shape index (κ3) is 2.70. The smallest absolute Gasteiger partial charge is 0.310 e. The van der Waals surface area contributed by atoms with E-state index in [9.17, 15) is 9.90 Å². The van der Waals surface area contributed by atoms with Gasteiger partial charge in [-0.25, -0.2) is 0 Å². The maximum Gasteiger partial charge on any atom is 0.310 e. The number of hydrogen-bond acceptors (Lipinski definition) is 3. The summed E-state index contributed by atoms with van der Waals surface area (Å²) >= 11 is 0. The predicted molar refractivity (Wildman–Crippen MR) is 69.4 cm³/mol. The molecule has 0 amide bonds. The molecule has 1 fully saturated rings. The lowest BCUT2D eigenvalue weighted by atomic mass is 9.84. The van der Waals surface area contributed by atoms with Crippen LogP contribution in [0, 0.1) is 5.41 Å². The molecule has 0 aliphatic carbocycles. The molecule has 1 aliphatic heterocycles. The number of aromatic nitrogens is 1. The molecular formula is C14H20N2O2. The number of pyridine rings is 1. The van der Waals surface area contributed by atoms with Crippen LogP contribution in [0.3, 0.4) is 0 Å². The highest BCUT2D eigenvalue weighted by molar-refractivity contribution is 5.75. The molecule has 18 heavy (non-hydrogen) atoms. The summed E-state index contributed by atoms with van der Waals surface area (Å²) in [6.07, 6.45) is 4.16. The highest BCUT2D eigenvalue weighted by Gasteiger charge is 2.42. The van der Waals surface area contributed by atoms with Gasteiger partial charge >= 0.3 is 5.97 Å². The number of aliphatic carboxylic acids is 1. The van der Waals surface area contributed by atoms with Gasteiger partial charge in [-0.05, 0) is 31.5 Å². The lowest BCUT2D eigenvalue weighted by Crippen LogP contribution is -2.34. The van der Waals surface area contributed by atoms with Gasteiger partial charge in [-0.1, -0.05) is 13.0 Å². The maximum atomic E-state index is 11.3. The van der Waals surface area contributed by atoms with Gasteiger partial charge in [-0.3, -0.25) is 9.78 Å². The normalized spacial score (nSPS) is 24.3. The molecule has 98 valence electrons. The predicted octanol–water partition coefficient (Wildman–Crippen LogP) is 1.81. The zero-order chi connectivity index (χ0) is 13.0. The number of carboxylic acid groups (broad SMARTS) is 1. The van der Waals surface area contributed by atoms with Gasteiger partial charge in [0.25, 0.3) is 0 Å². The molecule has 0 radical (unpaired) electrons. The van der Waals surface area contributed by atoms with Crippen LogP contribution in [-0.2, 0) is 11.2 Å². The van der Waals surface area contributed by atoms with Crippen molar-refractivity contribution in [1.82, 2.24) is 9.88 Å². The molecule has 0 aromatic carbocycles. The fourth-order valence-corrected chi connectivity index (χ4v) is 2.58. The SMILES string of the molecule is CCC1(C(=O)O)CCN(CCc2ccccn2)C1. The van der Waals surface area contributed by atoms with E-state index in [-0.39, 0.29) is 0 Å². The fraction of sp³-hybridized carbons (Fsp3) is 0.571. The van der Waals surface area contributed by atoms with Crippen molar-refractivity contribution in [2.75, 3.05) is 19.6 Å². The largest absolute Gasteiger partial charge is 0.481 e. The second-order valence-electron chi connectivity index (χ2n) is 5.04. The lowest BCUT2D eigenvalue weighted by molar-refractivity contribution is -0.148. The zero-order valence-electron chi connectivity index (χ0n) is 10.8. The summed E-state index contributed by atoms with van der Waals surface area (Å²) < 4.78 is 0. The van der Waals surface area contributed by atoms with E-state index in [1.807, 2.05) is 25.1 Å². The Balaban J connectivity index is 1.88. The van der Waals surface area contributed by atoms with Crippen molar-refractivity contribution in [2.24, 2.45) is 5.41 Å². The molecule has 4 nitrogen and oxygen atoms in total. The van der Waals surface area contributed by atoms with E-state index in [2.05, 4.69) is 9.88 Å². The molecule has 0 saturated carbocycles. The average molecular weight is 248 g/mol. The lowest BCUT2D eigenvalue weighted by Gasteiger charge is -2.23. The van der Waals surface area contributed by atoms with Crippen LogP contribution in [0.1, 0.15) is 25.5 Å². The minimum atomic E-state index is -0.648. The minimum absolute atomic E-state index is 0.524. The van der Waals surface area contributed by atoms with Gasteiger partial charge in [0, 0.05) is 31.4 Å². The quantitative estimate of drug-likeness (QED) is 0.863. The summed E-state index contributed by atoms with van der Waals surface area (Å²) in [7, 11) is 0. The van der Waals surface area contributed by atoms with Gasteiger partial charge in [-0.2, -0.15) is 0 Å². The van der Waals surface area contributed by atoms with E-state index in [4.69, 9.17) is 0 Å². The van der Waals surface area contributed by atoms with E-state index >= 15 is 0 Å². The molecule has 1 aromatic rings. The summed E-state index contributed by atoms with van der Waals surface area (Å²) in [5.41, 5.74) is 0.547. The van der Waals surface area contributed by atoms with E-state index in [0.717, 1.165) is 31.6 Å². The third-order valence-electron chi connectivity index (χ3n) is 3.97. The highest BCUT2D eigenvalue weighted by Crippen LogP contribution is 2.34. The van der Waals surface area contributed by atoms with Crippen molar-refractivity contribution in [3.8, 4) is 0 Å². The van der Waals surface area contributed by atoms with Crippen LogP contribution in [0.2, 0.25) is 0 Å². The molecular weight excluding hydrogens is 228 g/mol. The van der Waals surface area contributed by atoms with Crippen molar-refractivity contribution in [1.29, 1.82) is 0 Å². The molecule has 1 aliphatic rings. The summed E-state index contributed by atoms with van der Waals surface area (Å²) in [5, 5.41) is 9.33. The van der Waals surface area contributed by atoms with Gasteiger partial charge in [-0.15, -0.1) is 0 Å². The molecule has 2 heterocycles. The Morgan fingerprint density at radius 1 is 1.56 bits per heavy atom. The second kappa shape index (κ2) is 5.48. The minimum Gasteiger partial charge on any atom is -0.481 e. The number of likely N-dealkylation sites (tertiary alicyclic amines) is 1. The second-order valence-corrected chi connectivity index (χ2v) is 5.04. The molecule has 1 atom stereocenters. The first-order valence-corrected chi connectivity index (χ1v) is 6.52. The third-order valence-corrected chi connectivity index (χ3v) is 3.97. The summed E-state index contributed by atoms with van der Waals surface area (Å²) in [6, 6.07) is 5.91. The monoisotopic (exact) mass is 248 g/mol. The summed E-state index contributed by atoms with van der Waals surface area (Å²) in [4.78, 5) is 17.9. The number of nitrogens with zero attached hydrogens (tertiary/aromatic N) is 2. The Morgan fingerprint density at radius 2 is 2.39 bits per heavy atom. The molecule has 1 N–H and O–H groups in total. The number of carbonyl (C=O) groups is 1. The fourth-order valence-electron chi connectivity index (χ4n) is 2.58. The molecule has 1 aromatic heterocycles. The summed E-state index contributed by atoms with van der Waals surface area (Å²) in [6.45, 7) is 4.42. The Labute approximate surface area is 108 Å². The first kappa shape index (κ1) is 13.0. The first-order chi connectivity index (χ1) is 8.66. The molecule has 2 rings (SSSR count). The first-order valence-electron chi connectivity index (χ1n) is 6.52. The zero-order valence-corrected chi connectivity index (χ0v) is 10.8. The van der Waals surface area contributed by atoms with E-state index in [0.29, 0.717) is 13.0 Å². The number of carboxylic acids is 1. The maximum absolute atomic E-state index is 11.3. The molecule has 0 bridgehead atoms. The molecule has 4 heteroatoms. The Kier molecular flexibility index (Phi) is 3.97. The van der Waals surface area contributed by atoms with Crippen molar-refractivity contribution in [2.45, 2.75) is 26.2 Å². The van der Waals surface area contributed by atoms with Crippen molar-refractivity contribution in [3.05, 3.63) is 30.1 Å². The molecule has 1 saturated heterocycles. The average Bonchev–Trinajstić information content (AvgIpc) is 2.83. The Bertz CT molecular complexity index is 408. The van der Waals surface area contributed by atoms with Gasteiger partial charge < -0.3 is 10.0 Å². The van der Waals surface area contributed by atoms with Gasteiger partial charge in [0.05, 0.1) is 5.41 Å². The van der Waals surface area contributed by atoms with Crippen LogP contribution in [0.15, 0.2) is 24.4 Å². The van der Waals surface area contributed by atoms with Crippen LogP contribution < -0.4 is 0 Å². The van der Waals surface area contributed by atoms with Crippen LogP contribution in [0.25, 0.3) is 0 Å². The Morgan fingerprint density at radius 3 is 2.94 bits per heavy atom. The number of hydrogen-bond donors (Lipinski definition) is 1. The summed E-state index contributed by atoms with van der Waals surface area (Å²) in [5.74, 6) is -0.648. The van der Waals surface area contributed by atoms with Crippen molar-refractivity contribution >= 4 is 5.97 Å². The van der Waals surface area contributed by atoms with E-state index in [1.54, 1.807) is 6.20 Å². The molecule has 1 unspecified atom stereocenters. The standard InChI is InChI=1S/C14H20N2O2/c1-2-14(13(17)18)7-10-16(11-14)9-6-12-5-3-4-8-15-12/h3-5,8H,2,6-7,9-11H2,1H3,(H,17,18). The Hall–Kier alpha value is -1.42.